The average molecular weight is 357 g/mol. The molecule has 1 saturated heterocycles. The van der Waals surface area contributed by atoms with E-state index in [-0.39, 0.29) is 21.8 Å². The molecule has 1 fully saturated rings. The number of aromatic amines is 1. The summed E-state index contributed by atoms with van der Waals surface area (Å²) >= 11 is 5.04. The summed E-state index contributed by atoms with van der Waals surface area (Å²) in [6, 6.07) is 0. The SMILES string of the molecule is Nc1nc(=S)c2ncn([C@@H]3O[C@H](CO)[C@H](O)C3(F)C#CCF)c2[nH]1. The van der Waals surface area contributed by atoms with E-state index < -0.39 is 37.4 Å². The number of aliphatic hydroxyl groups is 2. The Hall–Kier alpha value is -2.13. The van der Waals surface area contributed by atoms with Gasteiger partial charge >= 0.3 is 0 Å². The molecule has 5 N–H and O–H groups in total. The van der Waals surface area contributed by atoms with Crippen LogP contribution in [0.1, 0.15) is 6.23 Å². The van der Waals surface area contributed by atoms with Crippen LogP contribution in [0.15, 0.2) is 6.33 Å². The Morgan fingerprint density at radius 3 is 3.00 bits per heavy atom. The average Bonchev–Trinajstić information content (AvgIpc) is 3.06. The lowest BCUT2D eigenvalue weighted by Crippen LogP contribution is -2.42. The highest BCUT2D eigenvalue weighted by molar-refractivity contribution is 7.71. The van der Waals surface area contributed by atoms with Gasteiger partial charge in [0.2, 0.25) is 5.67 Å². The Morgan fingerprint density at radius 2 is 2.33 bits per heavy atom. The molecular formula is C13H13F2N5O3S. The third-order valence-electron chi connectivity index (χ3n) is 3.69. The van der Waals surface area contributed by atoms with E-state index in [1.54, 1.807) is 0 Å². The van der Waals surface area contributed by atoms with Crippen LogP contribution in [0, 0.1) is 16.5 Å². The number of halogens is 2. The van der Waals surface area contributed by atoms with Crippen LogP contribution in [0.25, 0.3) is 11.2 Å². The molecule has 24 heavy (non-hydrogen) atoms. The van der Waals surface area contributed by atoms with Crippen LogP contribution in [0.5, 0.6) is 0 Å². The Morgan fingerprint density at radius 1 is 1.58 bits per heavy atom. The summed E-state index contributed by atoms with van der Waals surface area (Å²) < 4.78 is 34.4. The molecular weight excluding hydrogens is 344 g/mol. The largest absolute Gasteiger partial charge is 0.394 e. The van der Waals surface area contributed by atoms with Crippen molar-refractivity contribution in [1.29, 1.82) is 0 Å². The van der Waals surface area contributed by atoms with Crippen molar-refractivity contribution >= 4 is 29.3 Å². The van der Waals surface area contributed by atoms with Gasteiger partial charge < -0.3 is 25.7 Å². The fourth-order valence-corrected chi connectivity index (χ4v) is 2.85. The van der Waals surface area contributed by atoms with Gasteiger partial charge in [-0.2, -0.15) is 0 Å². The lowest BCUT2D eigenvalue weighted by molar-refractivity contribution is -0.0504. The molecule has 0 radical (unpaired) electrons. The number of hydrogen-bond donors (Lipinski definition) is 4. The first-order chi connectivity index (χ1) is 11.4. The van der Waals surface area contributed by atoms with Gasteiger partial charge in [-0.3, -0.25) is 4.57 Å². The van der Waals surface area contributed by atoms with Gasteiger partial charge in [-0.1, -0.05) is 24.1 Å². The molecule has 128 valence electrons. The molecule has 0 aliphatic carbocycles. The quantitative estimate of drug-likeness (QED) is 0.441. The Bertz CT molecular complexity index is 891. The van der Waals surface area contributed by atoms with Gasteiger partial charge in [0, 0.05) is 0 Å². The predicted octanol–water partition coefficient (Wildman–Crippen LogP) is 0.00289. The second-order valence-electron chi connectivity index (χ2n) is 5.13. The molecule has 3 rings (SSSR count). The molecule has 0 amide bonds. The van der Waals surface area contributed by atoms with Crippen LogP contribution < -0.4 is 5.73 Å². The number of H-pyrrole nitrogens is 1. The van der Waals surface area contributed by atoms with Crippen LogP contribution >= 0.6 is 12.2 Å². The van der Waals surface area contributed by atoms with E-state index in [4.69, 9.17) is 22.7 Å². The van der Waals surface area contributed by atoms with E-state index in [0.29, 0.717) is 0 Å². The Kier molecular flexibility index (Phi) is 4.22. The number of aliphatic hydroxyl groups excluding tert-OH is 2. The maximum atomic E-state index is 15.3. The zero-order chi connectivity index (χ0) is 17.5. The summed E-state index contributed by atoms with van der Waals surface area (Å²) in [5.41, 5.74) is 3.38. The number of fused-ring (bicyclic) bond motifs is 1. The minimum atomic E-state index is -2.67. The van der Waals surface area contributed by atoms with Crippen LogP contribution in [-0.2, 0) is 4.74 Å². The molecule has 1 aliphatic heterocycles. The van der Waals surface area contributed by atoms with E-state index in [2.05, 4.69) is 15.0 Å². The number of nitrogens with zero attached hydrogens (tertiary/aromatic N) is 3. The van der Waals surface area contributed by atoms with E-state index in [9.17, 15) is 14.6 Å². The first-order valence-corrected chi connectivity index (χ1v) is 7.24. The second kappa shape index (κ2) is 6.06. The van der Waals surface area contributed by atoms with Crippen molar-refractivity contribution in [3.8, 4) is 11.8 Å². The van der Waals surface area contributed by atoms with Crippen molar-refractivity contribution in [1.82, 2.24) is 19.5 Å². The predicted molar refractivity (Wildman–Crippen MR) is 81.7 cm³/mol. The molecule has 0 bridgehead atoms. The number of aromatic nitrogens is 4. The molecule has 1 unspecified atom stereocenters. The van der Waals surface area contributed by atoms with Gasteiger partial charge in [0.1, 0.15) is 30.0 Å². The molecule has 2 aromatic rings. The third kappa shape index (κ3) is 2.44. The van der Waals surface area contributed by atoms with Crippen molar-refractivity contribution in [2.45, 2.75) is 24.1 Å². The van der Waals surface area contributed by atoms with Crippen LogP contribution in [0.3, 0.4) is 0 Å². The van der Waals surface area contributed by atoms with Crippen molar-refractivity contribution in [3.05, 3.63) is 11.0 Å². The number of imidazole rings is 1. The summed E-state index contributed by atoms with van der Waals surface area (Å²) in [6.45, 7) is -1.74. The maximum Gasteiger partial charge on any atom is 0.243 e. The number of nitrogen functional groups attached to an aromatic ring is 1. The second-order valence-corrected chi connectivity index (χ2v) is 5.52. The standard InChI is InChI=1S/C13H13F2N5O3S/c14-3-1-2-13(15)8(22)6(4-21)23-11(13)20-5-17-7-9(20)18-12(16)19-10(7)24/h5-6,8,11,21-22H,3-4H2,(H3,16,18,19,24)/t6-,8+,11-,13?/m1/s1. The van der Waals surface area contributed by atoms with Gasteiger partial charge in [0.25, 0.3) is 0 Å². The highest BCUT2D eigenvalue weighted by Gasteiger charge is 2.57. The zero-order valence-electron chi connectivity index (χ0n) is 12.1. The van der Waals surface area contributed by atoms with Gasteiger partial charge in [-0.25, -0.2) is 18.7 Å². The molecule has 0 aromatic carbocycles. The Labute approximate surface area is 139 Å². The lowest BCUT2D eigenvalue weighted by Gasteiger charge is -2.24. The normalized spacial score (nSPS) is 29.6. The number of nitrogens with two attached hydrogens (primary N) is 1. The molecule has 8 nitrogen and oxygen atoms in total. The number of anilines is 1. The maximum absolute atomic E-state index is 15.3. The van der Waals surface area contributed by atoms with Crippen molar-refractivity contribution < 1.29 is 23.7 Å². The summed E-state index contributed by atoms with van der Waals surface area (Å²) in [5, 5.41) is 19.4. The molecule has 2 aromatic heterocycles. The third-order valence-corrected chi connectivity index (χ3v) is 3.97. The topological polar surface area (TPSA) is 122 Å². The van der Waals surface area contributed by atoms with E-state index in [0.717, 1.165) is 0 Å². The van der Waals surface area contributed by atoms with E-state index >= 15 is 4.39 Å². The molecule has 1 aliphatic rings. The van der Waals surface area contributed by atoms with Gasteiger partial charge in [0.15, 0.2) is 16.8 Å². The summed E-state index contributed by atoms with van der Waals surface area (Å²) in [7, 11) is 0. The fourth-order valence-electron chi connectivity index (χ4n) is 2.60. The van der Waals surface area contributed by atoms with Gasteiger partial charge in [-0.15, -0.1) is 0 Å². The molecule has 0 spiro atoms. The summed E-state index contributed by atoms with van der Waals surface area (Å²) in [6.07, 6.45) is -3.32. The van der Waals surface area contributed by atoms with Crippen molar-refractivity contribution in [2.24, 2.45) is 0 Å². The smallest absolute Gasteiger partial charge is 0.243 e. The van der Waals surface area contributed by atoms with E-state index in [1.807, 2.05) is 11.8 Å². The monoisotopic (exact) mass is 357 g/mol. The number of alkyl halides is 2. The number of rotatable bonds is 2. The van der Waals surface area contributed by atoms with Gasteiger partial charge in [-0.05, 0) is 0 Å². The fraction of sp³-hybridized carbons (Fsp3) is 0.462. The van der Waals surface area contributed by atoms with Gasteiger partial charge in [0.05, 0.1) is 12.9 Å². The highest BCUT2D eigenvalue weighted by atomic mass is 32.1. The summed E-state index contributed by atoms with van der Waals surface area (Å²) in [5.74, 6) is 3.97. The first kappa shape index (κ1) is 16.7. The highest BCUT2D eigenvalue weighted by Crippen LogP contribution is 2.42. The van der Waals surface area contributed by atoms with Crippen LogP contribution in [0.2, 0.25) is 0 Å². The molecule has 11 heteroatoms. The molecule has 3 heterocycles. The summed E-state index contributed by atoms with van der Waals surface area (Å²) in [4.78, 5) is 10.5. The number of ether oxygens (including phenoxy) is 1. The molecule has 4 atom stereocenters. The number of hydrogen-bond acceptors (Lipinski definition) is 7. The van der Waals surface area contributed by atoms with Crippen molar-refractivity contribution in [3.63, 3.8) is 0 Å². The Balaban J connectivity index is 2.18. The lowest BCUT2D eigenvalue weighted by atomic mass is 9.96. The van der Waals surface area contributed by atoms with Crippen LogP contribution in [-0.4, -0.2) is 60.9 Å². The molecule has 0 saturated carbocycles. The zero-order valence-corrected chi connectivity index (χ0v) is 12.9. The van der Waals surface area contributed by atoms with Crippen molar-refractivity contribution in [2.75, 3.05) is 19.0 Å². The minimum absolute atomic E-state index is 0.0224. The minimum Gasteiger partial charge on any atom is -0.394 e. The van der Waals surface area contributed by atoms with Crippen LogP contribution in [0.4, 0.5) is 14.7 Å². The van der Waals surface area contributed by atoms with E-state index in [1.165, 1.54) is 10.9 Å². The number of nitrogens with one attached hydrogen (secondary N) is 1. The first-order valence-electron chi connectivity index (χ1n) is 6.84.